The highest BCUT2D eigenvalue weighted by atomic mass is 15.2. The van der Waals surface area contributed by atoms with E-state index < -0.39 is 0 Å². The van der Waals surface area contributed by atoms with Crippen molar-refractivity contribution in [1.82, 2.24) is 0 Å². The van der Waals surface area contributed by atoms with Gasteiger partial charge >= 0.3 is 0 Å². The first-order valence-electron chi connectivity index (χ1n) is 11.0. The van der Waals surface area contributed by atoms with Crippen LogP contribution in [0.5, 0.6) is 0 Å². The first-order chi connectivity index (χ1) is 13.8. The summed E-state index contributed by atoms with van der Waals surface area (Å²) in [4.78, 5) is 0. The van der Waals surface area contributed by atoms with E-state index in [0.29, 0.717) is 0 Å². The second kappa shape index (κ2) is 10.9. The molecule has 1 saturated carbocycles. The number of aryl methyl sites for hydroxylation is 1. The van der Waals surface area contributed by atoms with Crippen molar-refractivity contribution < 1.29 is 0 Å². The highest BCUT2D eigenvalue weighted by molar-refractivity contribution is 5.82. The fourth-order valence-corrected chi connectivity index (χ4v) is 4.11. The monoisotopic (exact) mass is 374 g/mol. The number of benzene rings is 2. The highest BCUT2D eigenvalue weighted by Gasteiger charge is 2.20. The molecule has 0 radical (unpaired) electrons. The molecule has 0 heterocycles. The molecule has 0 saturated heterocycles. The molecule has 1 aliphatic carbocycles. The zero-order chi connectivity index (χ0) is 19.6. The van der Waals surface area contributed by atoms with Gasteiger partial charge in [-0.05, 0) is 72.6 Å². The lowest BCUT2D eigenvalue weighted by Crippen LogP contribution is -2.12. The Hall–Kier alpha value is -2.22. The van der Waals surface area contributed by atoms with Crippen LogP contribution in [0.3, 0.4) is 0 Å². The van der Waals surface area contributed by atoms with E-state index >= 15 is 0 Å². The van der Waals surface area contributed by atoms with Gasteiger partial charge in [-0.25, -0.2) is 0 Å². The predicted molar refractivity (Wildman–Crippen MR) is 122 cm³/mol. The van der Waals surface area contributed by atoms with Crippen molar-refractivity contribution in [1.29, 1.82) is 0 Å². The Labute approximate surface area is 170 Å². The fourth-order valence-electron chi connectivity index (χ4n) is 4.11. The van der Waals surface area contributed by atoms with E-state index in [2.05, 4.69) is 72.6 Å². The van der Waals surface area contributed by atoms with Gasteiger partial charge in [0.15, 0.2) is 0 Å². The molecule has 0 N–H and O–H groups in total. The van der Waals surface area contributed by atoms with E-state index in [-0.39, 0.29) is 0 Å². The molecule has 28 heavy (non-hydrogen) atoms. The molecule has 2 nitrogen and oxygen atoms in total. The molecule has 148 valence electrons. The number of rotatable bonds is 8. The van der Waals surface area contributed by atoms with Crippen LogP contribution < -0.4 is 0 Å². The van der Waals surface area contributed by atoms with Gasteiger partial charge in [-0.3, -0.25) is 0 Å². The predicted octanol–water partition coefficient (Wildman–Crippen LogP) is 7.17. The van der Waals surface area contributed by atoms with E-state index in [1.807, 2.05) is 12.4 Å². The Bertz CT molecular complexity index is 748. The van der Waals surface area contributed by atoms with E-state index in [4.69, 9.17) is 0 Å². The van der Waals surface area contributed by atoms with Crippen molar-refractivity contribution >= 4 is 12.4 Å². The summed E-state index contributed by atoms with van der Waals surface area (Å²) >= 11 is 0. The zero-order valence-corrected chi connectivity index (χ0v) is 17.5. The van der Waals surface area contributed by atoms with Gasteiger partial charge in [0.05, 0.1) is 12.4 Å². The smallest absolute Gasteiger partial charge is 0.0568 e. The third-order valence-corrected chi connectivity index (χ3v) is 6.11. The lowest BCUT2D eigenvalue weighted by atomic mass is 9.78. The van der Waals surface area contributed by atoms with Crippen LogP contribution in [0.1, 0.15) is 87.0 Å². The summed E-state index contributed by atoms with van der Waals surface area (Å²) in [5.74, 6) is 1.69. The molecule has 0 amide bonds. The second-order valence-electron chi connectivity index (χ2n) is 8.13. The van der Waals surface area contributed by atoms with Crippen LogP contribution in [0.25, 0.3) is 0 Å². The summed E-state index contributed by atoms with van der Waals surface area (Å²) in [5.41, 5.74) is 5.08. The topological polar surface area (TPSA) is 24.7 Å². The van der Waals surface area contributed by atoms with Gasteiger partial charge in [0.2, 0.25) is 0 Å². The molecule has 3 rings (SSSR count). The number of hydrogen-bond acceptors (Lipinski definition) is 2. The zero-order valence-electron chi connectivity index (χ0n) is 17.5. The average Bonchev–Trinajstić information content (AvgIpc) is 2.76. The van der Waals surface area contributed by atoms with Crippen molar-refractivity contribution in [3.05, 3.63) is 70.8 Å². The summed E-state index contributed by atoms with van der Waals surface area (Å²) in [7, 11) is 0. The van der Waals surface area contributed by atoms with Gasteiger partial charge in [0.1, 0.15) is 0 Å². The Morgan fingerprint density at radius 1 is 0.786 bits per heavy atom. The molecule has 0 bridgehead atoms. The Morgan fingerprint density at radius 3 is 1.89 bits per heavy atom. The van der Waals surface area contributed by atoms with Crippen LogP contribution in [0.15, 0.2) is 58.7 Å². The number of nitrogens with zero attached hydrogens (tertiary/aromatic N) is 2. The van der Waals surface area contributed by atoms with Gasteiger partial charge in [-0.1, -0.05) is 75.2 Å². The molecule has 2 aromatic rings. The summed E-state index contributed by atoms with van der Waals surface area (Å²) in [5, 5.41) is 8.42. The third-order valence-electron chi connectivity index (χ3n) is 6.11. The van der Waals surface area contributed by atoms with Crippen molar-refractivity contribution in [2.24, 2.45) is 16.1 Å². The molecule has 0 unspecified atom stereocenters. The molecule has 0 aromatic heterocycles. The molecule has 0 spiro atoms. The highest BCUT2D eigenvalue weighted by Crippen LogP contribution is 2.36. The van der Waals surface area contributed by atoms with Crippen molar-refractivity contribution in [2.75, 3.05) is 0 Å². The van der Waals surface area contributed by atoms with Crippen LogP contribution in [-0.4, -0.2) is 12.4 Å². The largest absolute Gasteiger partial charge is 0.159 e. The standard InChI is InChI=1S/C26H34N2/c1-3-5-6-22-7-9-23(10-8-22)19-27-28-20-24-13-17-26(18-14-24)25-15-11-21(4-2)12-16-25/h7-10,13-14,17-21,25H,3-6,11-12,15-16H2,1-2H3/b27-19+,28-20+. The Balaban J connectivity index is 1.49. The summed E-state index contributed by atoms with van der Waals surface area (Å²) < 4.78 is 0. The molecule has 1 aliphatic rings. The molecular weight excluding hydrogens is 340 g/mol. The van der Waals surface area contributed by atoms with Gasteiger partial charge < -0.3 is 0 Å². The van der Waals surface area contributed by atoms with E-state index in [1.165, 1.54) is 56.1 Å². The van der Waals surface area contributed by atoms with Gasteiger partial charge in [-0.2, -0.15) is 10.2 Å². The quantitative estimate of drug-likeness (QED) is 0.346. The first kappa shape index (κ1) is 20.5. The fraction of sp³-hybridized carbons (Fsp3) is 0.462. The molecule has 2 aromatic carbocycles. The summed E-state index contributed by atoms with van der Waals surface area (Å²) in [6, 6.07) is 17.5. The SMILES string of the molecule is CCCCc1ccc(/C=N/N=C/c2ccc(C3CCC(CC)CC3)cc2)cc1. The maximum absolute atomic E-state index is 4.22. The van der Waals surface area contributed by atoms with E-state index in [9.17, 15) is 0 Å². The number of hydrogen-bond donors (Lipinski definition) is 0. The van der Waals surface area contributed by atoms with Crippen LogP contribution in [0.2, 0.25) is 0 Å². The minimum absolute atomic E-state index is 0.743. The van der Waals surface area contributed by atoms with Crippen LogP contribution >= 0.6 is 0 Å². The Morgan fingerprint density at radius 2 is 1.36 bits per heavy atom. The molecule has 2 heteroatoms. The second-order valence-corrected chi connectivity index (χ2v) is 8.13. The lowest BCUT2D eigenvalue weighted by Gasteiger charge is -2.28. The average molecular weight is 375 g/mol. The van der Waals surface area contributed by atoms with Crippen molar-refractivity contribution in [3.63, 3.8) is 0 Å². The minimum Gasteiger partial charge on any atom is -0.159 e. The van der Waals surface area contributed by atoms with Crippen molar-refractivity contribution in [3.8, 4) is 0 Å². The number of unbranched alkanes of at least 4 members (excludes halogenated alkanes) is 1. The maximum Gasteiger partial charge on any atom is 0.0568 e. The Kier molecular flexibility index (Phi) is 8.02. The van der Waals surface area contributed by atoms with E-state index in [1.54, 1.807) is 0 Å². The molecule has 1 fully saturated rings. The molecule has 0 atom stereocenters. The van der Waals surface area contributed by atoms with Crippen LogP contribution in [-0.2, 0) is 6.42 Å². The van der Waals surface area contributed by atoms with Crippen molar-refractivity contribution in [2.45, 2.75) is 71.1 Å². The van der Waals surface area contributed by atoms with Gasteiger partial charge in [0.25, 0.3) is 0 Å². The molecule has 0 aliphatic heterocycles. The van der Waals surface area contributed by atoms with Crippen LogP contribution in [0, 0.1) is 5.92 Å². The third kappa shape index (κ3) is 6.15. The van der Waals surface area contributed by atoms with Gasteiger partial charge in [0, 0.05) is 0 Å². The summed E-state index contributed by atoms with van der Waals surface area (Å²) in [6.07, 6.45) is 14.1. The first-order valence-corrected chi connectivity index (χ1v) is 11.0. The minimum atomic E-state index is 0.743. The lowest BCUT2D eigenvalue weighted by molar-refractivity contribution is 0.319. The summed E-state index contributed by atoms with van der Waals surface area (Å²) in [6.45, 7) is 4.55. The van der Waals surface area contributed by atoms with Crippen LogP contribution in [0.4, 0.5) is 0 Å². The van der Waals surface area contributed by atoms with Gasteiger partial charge in [-0.15, -0.1) is 0 Å². The maximum atomic E-state index is 4.22. The molecular formula is C26H34N2. The van der Waals surface area contributed by atoms with E-state index in [0.717, 1.165) is 29.4 Å². The normalized spacial score (nSPS) is 20.2.